The molecule has 1 aliphatic rings. The second-order valence-corrected chi connectivity index (χ2v) is 8.44. The molecule has 0 radical (unpaired) electrons. The number of nitrogens with two attached hydrogens (primary N) is 1. The number of fused-ring (bicyclic) bond motifs is 3. The van der Waals surface area contributed by atoms with Crippen molar-refractivity contribution >= 4 is 40.6 Å². The molecule has 0 fully saturated rings. The van der Waals surface area contributed by atoms with Gasteiger partial charge in [0.2, 0.25) is 0 Å². The van der Waals surface area contributed by atoms with Gasteiger partial charge in [-0.15, -0.1) is 0 Å². The number of aromatic nitrogens is 2. The highest BCUT2D eigenvalue weighted by atomic mass is 32.1. The Hall–Kier alpha value is -2.98. The lowest BCUT2D eigenvalue weighted by molar-refractivity contribution is -0.140. The Balaban J connectivity index is 1.61. The number of primary amides is 1. The van der Waals surface area contributed by atoms with Gasteiger partial charge in [-0.3, -0.25) is 9.59 Å². The molecule has 4 rings (SSSR count). The Morgan fingerprint density at radius 2 is 2.13 bits per heavy atom. The first-order valence-corrected chi connectivity index (χ1v) is 11.0. The lowest BCUT2D eigenvalue weighted by atomic mass is 9.93. The van der Waals surface area contributed by atoms with Crippen LogP contribution in [0.4, 0.5) is 5.82 Å². The lowest BCUT2D eigenvalue weighted by Gasteiger charge is -2.15. The molecule has 30 heavy (non-hydrogen) atoms. The quantitative estimate of drug-likeness (QED) is 0.535. The highest BCUT2D eigenvalue weighted by Crippen LogP contribution is 2.50. The van der Waals surface area contributed by atoms with Crippen LogP contribution in [-0.4, -0.2) is 34.4 Å². The van der Waals surface area contributed by atoms with Crippen molar-refractivity contribution in [1.82, 2.24) is 9.36 Å². The minimum absolute atomic E-state index is 0.0367. The van der Waals surface area contributed by atoms with Gasteiger partial charge in [0.25, 0.3) is 5.91 Å². The van der Waals surface area contributed by atoms with Crippen LogP contribution in [0.5, 0.6) is 10.8 Å². The van der Waals surface area contributed by atoms with Crippen LogP contribution in [0.2, 0.25) is 0 Å². The smallest absolute Gasteiger partial charge is 0.325 e. The van der Waals surface area contributed by atoms with Crippen molar-refractivity contribution < 1.29 is 19.1 Å². The Bertz CT molecular complexity index is 1120. The third-order valence-corrected chi connectivity index (χ3v) is 6.66. The van der Waals surface area contributed by atoms with Gasteiger partial charge in [0.15, 0.2) is 5.06 Å². The van der Waals surface area contributed by atoms with E-state index in [0.29, 0.717) is 33.8 Å². The van der Waals surface area contributed by atoms with Gasteiger partial charge in [0.05, 0.1) is 27.6 Å². The second kappa shape index (κ2) is 8.41. The van der Waals surface area contributed by atoms with Gasteiger partial charge in [-0.2, -0.15) is 0 Å². The van der Waals surface area contributed by atoms with E-state index in [1.807, 2.05) is 13.1 Å². The van der Waals surface area contributed by atoms with Crippen molar-refractivity contribution in [1.29, 1.82) is 0 Å². The van der Waals surface area contributed by atoms with Crippen LogP contribution < -0.4 is 15.8 Å². The average molecular weight is 445 g/mol. The van der Waals surface area contributed by atoms with Crippen molar-refractivity contribution in [2.45, 2.75) is 26.7 Å². The first-order valence-electron chi connectivity index (χ1n) is 9.42. The summed E-state index contributed by atoms with van der Waals surface area (Å²) in [5.74, 6) is 0.311. The highest BCUT2D eigenvalue weighted by molar-refractivity contribution is 7.17. The molecule has 156 valence electrons. The predicted molar refractivity (Wildman–Crippen MR) is 116 cm³/mol. The number of nitrogens with one attached hydrogen (secondary N) is 1. The molecule has 0 bridgehead atoms. The van der Waals surface area contributed by atoms with E-state index in [9.17, 15) is 9.59 Å². The molecular formula is C20H20N4O4S2. The molecule has 0 spiro atoms. The van der Waals surface area contributed by atoms with Gasteiger partial charge in [0, 0.05) is 6.20 Å². The van der Waals surface area contributed by atoms with E-state index in [4.69, 9.17) is 15.2 Å². The standard InChI is InChI=1S/C20H20N4O4S2/c1-3-27-15(25)9-22-14-7-6-13(10(2)24-14)28-20-16-12(18(29-20)19(21)26)5-4-11-8-23-30-17(11)16/h6-8H,3-5,9H2,1-2H3,(H2,21,26)(H,22,24). The van der Waals surface area contributed by atoms with Gasteiger partial charge in [-0.1, -0.05) is 11.3 Å². The molecule has 0 saturated carbocycles. The van der Waals surface area contributed by atoms with E-state index in [0.717, 1.165) is 34.4 Å². The molecule has 0 atom stereocenters. The highest BCUT2D eigenvalue weighted by Gasteiger charge is 2.30. The summed E-state index contributed by atoms with van der Waals surface area (Å²) in [7, 11) is 0. The molecule has 10 heteroatoms. The number of hydrogen-bond donors (Lipinski definition) is 2. The van der Waals surface area contributed by atoms with E-state index in [-0.39, 0.29) is 12.5 Å². The molecule has 0 saturated heterocycles. The zero-order valence-corrected chi connectivity index (χ0v) is 18.1. The largest absolute Gasteiger partial charge is 0.465 e. The predicted octanol–water partition coefficient (Wildman–Crippen LogP) is 3.54. The van der Waals surface area contributed by atoms with E-state index < -0.39 is 5.91 Å². The summed E-state index contributed by atoms with van der Waals surface area (Å²) < 4.78 is 15.4. The number of amides is 1. The number of aryl methyl sites for hydroxylation is 2. The fourth-order valence-electron chi connectivity index (χ4n) is 3.31. The molecule has 1 aliphatic carbocycles. The first-order chi connectivity index (χ1) is 14.5. The summed E-state index contributed by atoms with van der Waals surface area (Å²) in [6.45, 7) is 3.95. The summed E-state index contributed by atoms with van der Waals surface area (Å²) in [5.41, 5.74) is 9.24. The fourth-order valence-corrected chi connectivity index (χ4v) is 5.32. The Morgan fingerprint density at radius 3 is 2.87 bits per heavy atom. The van der Waals surface area contributed by atoms with Crippen LogP contribution in [0.25, 0.3) is 10.4 Å². The van der Waals surface area contributed by atoms with Crippen LogP contribution in [0.1, 0.15) is 33.4 Å². The van der Waals surface area contributed by atoms with Crippen LogP contribution in [0.3, 0.4) is 0 Å². The lowest BCUT2D eigenvalue weighted by Crippen LogP contribution is -2.17. The van der Waals surface area contributed by atoms with Crippen LogP contribution in [-0.2, 0) is 22.4 Å². The summed E-state index contributed by atoms with van der Waals surface area (Å²) in [5, 5.41) is 3.55. The van der Waals surface area contributed by atoms with Gasteiger partial charge in [-0.25, -0.2) is 9.36 Å². The molecular weight excluding hydrogens is 424 g/mol. The molecule has 0 aliphatic heterocycles. The molecule has 3 aromatic heterocycles. The Kier molecular flexibility index (Phi) is 5.69. The topological polar surface area (TPSA) is 116 Å². The number of carbonyl (C=O) groups excluding carboxylic acids is 2. The number of ether oxygens (including phenoxy) is 2. The zero-order chi connectivity index (χ0) is 21.3. The maximum Gasteiger partial charge on any atom is 0.325 e. The van der Waals surface area contributed by atoms with E-state index in [1.165, 1.54) is 22.9 Å². The number of thiophene rings is 1. The van der Waals surface area contributed by atoms with Crippen LogP contribution in [0.15, 0.2) is 18.3 Å². The number of esters is 1. The molecule has 0 unspecified atom stereocenters. The molecule has 3 N–H and O–H groups in total. The minimum atomic E-state index is -0.451. The number of rotatable bonds is 7. The molecule has 8 nitrogen and oxygen atoms in total. The van der Waals surface area contributed by atoms with Crippen molar-refractivity contribution in [3.8, 4) is 21.3 Å². The summed E-state index contributed by atoms with van der Waals surface area (Å²) >= 11 is 2.65. The number of hydrogen-bond acceptors (Lipinski definition) is 9. The zero-order valence-electron chi connectivity index (χ0n) is 16.5. The molecule has 0 aromatic carbocycles. The van der Waals surface area contributed by atoms with Gasteiger partial charge < -0.3 is 20.5 Å². The van der Waals surface area contributed by atoms with Gasteiger partial charge in [0.1, 0.15) is 18.1 Å². The summed E-state index contributed by atoms with van der Waals surface area (Å²) in [6, 6.07) is 3.51. The Morgan fingerprint density at radius 1 is 1.30 bits per heavy atom. The maximum absolute atomic E-state index is 12.0. The SMILES string of the molecule is CCOC(=O)CNc1ccc(Oc2sc(C(N)=O)c3c2-c2sncc2CC3)c(C)n1. The summed E-state index contributed by atoms with van der Waals surface area (Å²) in [4.78, 5) is 29.5. The monoisotopic (exact) mass is 444 g/mol. The van der Waals surface area contributed by atoms with Crippen LogP contribution in [0, 0.1) is 6.92 Å². The van der Waals surface area contributed by atoms with Crippen molar-refractivity contribution in [2.75, 3.05) is 18.5 Å². The number of carbonyl (C=O) groups is 2. The first kappa shape index (κ1) is 20.3. The summed E-state index contributed by atoms with van der Waals surface area (Å²) in [6.07, 6.45) is 3.43. The number of nitrogens with zero attached hydrogens (tertiary/aromatic N) is 2. The van der Waals surface area contributed by atoms with E-state index >= 15 is 0 Å². The Labute approximate surface area is 181 Å². The van der Waals surface area contributed by atoms with Crippen molar-refractivity contribution in [3.63, 3.8) is 0 Å². The normalized spacial score (nSPS) is 12.1. The second-order valence-electron chi connectivity index (χ2n) is 6.66. The van der Waals surface area contributed by atoms with Crippen LogP contribution >= 0.6 is 22.9 Å². The third kappa shape index (κ3) is 3.88. The average Bonchev–Trinajstić information content (AvgIpc) is 3.32. The number of pyridine rings is 1. The van der Waals surface area contributed by atoms with Gasteiger partial charge in [-0.05, 0) is 61.5 Å². The van der Waals surface area contributed by atoms with Crippen molar-refractivity contribution in [2.24, 2.45) is 5.73 Å². The van der Waals surface area contributed by atoms with Gasteiger partial charge >= 0.3 is 5.97 Å². The molecule has 3 aromatic rings. The number of anilines is 1. The van der Waals surface area contributed by atoms with Crippen molar-refractivity contribution in [3.05, 3.63) is 40.0 Å². The molecule has 3 heterocycles. The van der Waals surface area contributed by atoms with E-state index in [1.54, 1.807) is 19.1 Å². The fraction of sp³-hybridized carbons (Fsp3) is 0.300. The van der Waals surface area contributed by atoms with E-state index in [2.05, 4.69) is 14.7 Å². The minimum Gasteiger partial charge on any atom is -0.465 e. The third-order valence-electron chi connectivity index (χ3n) is 4.67. The molecule has 1 amide bonds. The maximum atomic E-state index is 12.0.